The lowest BCUT2D eigenvalue weighted by Gasteiger charge is -2.39. The van der Waals surface area contributed by atoms with Crippen LogP contribution >= 0.6 is 0 Å². The van der Waals surface area contributed by atoms with Crippen LogP contribution in [0.4, 0.5) is 0 Å². The molecule has 4 rings (SSSR count). The first-order valence-electron chi connectivity index (χ1n) is 10.6. The molecule has 7 nitrogen and oxygen atoms in total. The summed E-state index contributed by atoms with van der Waals surface area (Å²) >= 11 is 0. The molecule has 0 saturated carbocycles. The summed E-state index contributed by atoms with van der Waals surface area (Å²) in [7, 11) is -2.02. The number of carbonyl (C=O) groups excluding carboxylic acids is 2. The van der Waals surface area contributed by atoms with Gasteiger partial charge in [-0.05, 0) is 41.3 Å². The van der Waals surface area contributed by atoms with Gasteiger partial charge in [-0.3, -0.25) is 9.59 Å². The van der Waals surface area contributed by atoms with Crippen molar-refractivity contribution in [3.63, 3.8) is 0 Å². The summed E-state index contributed by atoms with van der Waals surface area (Å²) in [5.41, 5.74) is 3.01. The Morgan fingerprint density at radius 3 is 2.27 bits per heavy atom. The minimum Gasteiger partial charge on any atom is -0.355 e. The van der Waals surface area contributed by atoms with Gasteiger partial charge in [-0.25, -0.2) is 13.6 Å². The van der Waals surface area contributed by atoms with Gasteiger partial charge in [0.2, 0.25) is 15.9 Å². The number of amides is 2. The standard InChI is InChI=1S/C25H25N3O4S/c1-28-23(18-7-3-2-4-8-18)22(20-9-5-6-10-21(20)25(28)30)24(29)27-16-15-17-11-13-19(14-12-17)33(26,31)32/h2-14,22-23H,15-16H2,1H3,(H,27,29)(H2,26,31,32). The Hall–Kier alpha value is -3.49. The van der Waals surface area contributed by atoms with Crippen molar-refractivity contribution in [1.29, 1.82) is 0 Å². The number of hydrogen-bond donors (Lipinski definition) is 2. The van der Waals surface area contributed by atoms with E-state index in [-0.39, 0.29) is 16.7 Å². The van der Waals surface area contributed by atoms with Gasteiger partial charge in [-0.1, -0.05) is 60.7 Å². The third kappa shape index (κ3) is 4.67. The number of benzene rings is 3. The smallest absolute Gasteiger partial charge is 0.254 e. The number of fused-ring (bicyclic) bond motifs is 1. The summed E-state index contributed by atoms with van der Waals surface area (Å²) in [4.78, 5) is 28.1. The molecule has 1 aliphatic rings. The summed E-state index contributed by atoms with van der Waals surface area (Å²) in [5, 5.41) is 8.14. The average molecular weight is 464 g/mol. The zero-order valence-corrected chi connectivity index (χ0v) is 19.0. The number of likely N-dealkylation sites (N-methyl/N-ethyl adjacent to an activating group) is 1. The van der Waals surface area contributed by atoms with E-state index >= 15 is 0 Å². The normalized spacial score (nSPS) is 18.0. The van der Waals surface area contributed by atoms with E-state index in [4.69, 9.17) is 5.14 Å². The molecule has 2 unspecified atom stereocenters. The van der Waals surface area contributed by atoms with Gasteiger partial charge in [0.1, 0.15) is 0 Å². The molecule has 1 heterocycles. The first-order chi connectivity index (χ1) is 15.8. The molecule has 3 aromatic rings. The van der Waals surface area contributed by atoms with Crippen molar-refractivity contribution in [1.82, 2.24) is 10.2 Å². The first kappa shape index (κ1) is 22.7. The fourth-order valence-electron chi connectivity index (χ4n) is 4.31. The molecule has 3 aromatic carbocycles. The van der Waals surface area contributed by atoms with E-state index < -0.39 is 22.0 Å². The first-order valence-corrected chi connectivity index (χ1v) is 12.1. The molecule has 2 atom stereocenters. The number of nitrogens with two attached hydrogens (primary N) is 1. The number of nitrogens with one attached hydrogen (secondary N) is 1. The maximum Gasteiger partial charge on any atom is 0.254 e. The predicted octanol–water partition coefficient (Wildman–Crippen LogP) is 2.60. The zero-order valence-electron chi connectivity index (χ0n) is 18.1. The molecule has 0 saturated heterocycles. The SMILES string of the molecule is CN1C(=O)c2ccccc2C(C(=O)NCCc2ccc(S(N)(=O)=O)cc2)C1c1ccccc1. The van der Waals surface area contributed by atoms with Crippen molar-refractivity contribution < 1.29 is 18.0 Å². The number of rotatable bonds is 6. The van der Waals surface area contributed by atoms with Crippen molar-refractivity contribution in [2.45, 2.75) is 23.3 Å². The maximum absolute atomic E-state index is 13.4. The number of carbonyl (C=O) groups is 2. The van der Waals surface area contributed by atoms with Gasteiger partial charge >= 0.3 is 0 Å². The fourth-order valence-corrected chi connectivity index (χ4v) is 4.83. The second-order valence-electron chi connectivity index (χ2n) is 8.07. The molecule has 170 valence electrons. The minimum atomic E-state index is -3.74. The van der Waals surface area contributed by atoms with Crippen LogP contribution < -0.4 is 10.5 Å². The van der Waals surface area contributed by atoms with Crippen LogP contribution in [0.25, 0.3) is 0 Å². The van der Waals surface area contributed by atoms with Gasteiger partial charge in [0.15, 0.2) is 0 Å². The van der Waals surface area contributed by atoms with Crippen LogP contribution in [0.2, 0.25) is 0 Å². The summed E-state index contributed by atoms with van der Waals surface area (Å²) in [6.45, 7) is 0.366. The summed E-state index contributed by atoms with van der Waals surface area (Å²) < 4.78 is 22.8. The molecule has 33 heavy (non-hydrogen) atoms. The van der Waals surface area contributed by atoms with E-state index in [2.05, 4.69) is 5.32 Å². The van der Waals surface area contributed by atoms with Crippen molar-refractivity contribution in [2.24, 2.45) is 5.14 Å². The quantitative estimate of drug-likeness (QED) is 0.586. The van der Waals surface area contributed by atoms with Gasteiger partial charge in [-0.2, -0.15) is 0 Å². The second kappa shape index (κ2) is 9.17. The average Bonchev–Trinajstić information content (AvgIpc) is 2.81. The summed E-state index contributed by atoms with van der Waals surface area (Å²) in [5.74, 6) is -0.841. The molecule has 0 spiro atoms. The van der Waals surface area contributed by atoms with E-state index in [1.54, 1.807) is 36.2 Å². The molecule has 0 aromatic heterocycles. The largest absolute Gasteiger partial charge is 0.355 e. The van der Waals surface area contributed by atoms with Gasteiger partial charge in [0.25, 0.3) is 5.91 Å². The van der Waals surface area contributed by atoms with Crippen molar-refractivity contribution in [2.75, 3.05) is 13.6 Å². The Bertz CT molecular complexity index is 1270. The Kier molecular flexibility index (Phi) is 6.31. The van der Waals surface area contributed by atoms with Gasteiger partial charge < -0.3 is 10.2 Å². The molecule has 2 amide bonds. The van der Waals surface area contributed by atoms with Crippen LogP contribution in [0, 0.1) is 0 Å². The molecule has 8 heteroatoms. The number of hydrogen-bond acceptors (Lipinski definition) is 4. The van der Waals surface area contributed by atoms with E-state index in [9.17, 15) is 18.0 Å². The Balaban J connectivity index is 1.56. The van der Waals surface area contributed by atoms with E-state index in [0.29, 0.717) is 24.1 Å². The molecular weight excluding hydrogens is 438 g/mol. The van der Waals surface area contributed by atoms with E-state index in [1.807, 2.05) is 42.5 Å². The highest BCUT2D eigenvalue weighted by atomic mass is 32.2. The third-order valence-electron chi connectivity index (χ3n) is 5.97. The summed E-state index contributed by atoms with van der Waals surface area (Å²) in [6.07, 6.45) is 0.524. The lowest BCUT2D eigenvalue weighted by atomic mass is 9.79. The third-order valence-corrected chi connectivity index (χ3v) is 6.90. The Labute approximate surface area is 193 Å². The molecule has 3 N–H and O–H groups in total. The zero-order chi connectivity index (χ0) is 23.6. The lowest BCUT2D eigenvalue weighted by molar-refractivity contribution is -0.124. The highest BCUT2D eigenvalue weighted by Gasteiger charge is 2.42. The van der Waals surface area contributed by atoms with Crippen molar-refractivity contribution in [3.8, 4) is 0 Å². The number of primary sulfonamides is 1. The van der Waals surface area contributed by atoms with Crippen LogP contribution in [-0.2, 0) is 21.2 Å². The number of sulfonamides is 1. The van der Waals surface area contributed by atoms with Crippen molar-refractivity contribution in [3.05, 3.63) is 101 Å². The summed E-state index contributed by atoms with van der Waals surface area (Å²) in [6, 6.07) is 22.6. The van der Waals surface area contributed by atoms with Crippen molar-refractivity contribution >= 4 is 21.8 Å². The van der Waals surface area contributed by atoms with Gasteiger partial charge in [0, 0.05) is 19.2 Å². The molecule has 0 radical (unpaired) electrons. The topological polar surface area (TPSA) is 110 Å². The molecule has 0 fully saturated rings. The Morgan fingerprint density at radius 1 is 0.970 bits per heavy atom. The molecule has 0 aliphatic carbocycles. The second-order valence-corrected chi connectivity index (χ2v) is 9.63. The van der Waals surface area contributed by atoms with Gasteiger partial charge in [-0.15, -0.1) is 0 Å². The molecule has 0 bridgehead atoms. The number of nitrogens with zero attached hydrogens (tertiary/aromatic N) is 1. The highest BCUT2D eigenvalue weighted by Crippen LogP contribution is 2.41. The molecule has 1 aliphatic heterocycles. The Morgan fingerprint density at radius 2 is 1.61 bits per heavy atom. The maximum atomic E-state index is 13.4. The molecular formula is C25H25N3O4S. The van der Waals surface area contributed by atoms with E-state index in [0.717, 1.165) is 11.1 Å². The van der Waals surface area contributed by atoms with Gasteiger partial charge in [0.05, 0.1) is 16.9 Å². The predicted molar refractivity (Wildman–Crippen MR) is 125 cm³/mol. The van der Waals surface area contributed by atoms with Crippen LogP contribution in [0.15, 0.2) is 83.8 Å². The van der Waals surface area contributed by atoms with Crippen LogP contribution in [-0.4, -0.2) is 38.7 Å². The highest BCUT2D eigenvalue weighted by molar-refractivity contribution is 7.89. The minimum absolute atomic E-state index is 0.0486. The van der Waals surface area contributed by atoms with Crippen LogP contribution in [0.3, 0.4) is 0 Å². The van der Waals surface area contributed by atoms with Crippen LogP contribution in [0.1, 0.15) is 39.0 Å². The lowest BCUT2D eigenvalue weighted by Crippen LogP contribution is -2.45. The van der Waals surface area contributed by atoms with E-state index in [1.165, 1.54) is 12.1 Å². The fraction of sp³-hybridized carbons (Fsp3) is 0.200. The monoisotopic (exact) mass is 463 g/mol. The van der Waals surface area contributed by atoms with Crippen LogP contribution in [0.5, 0.6) is 0 Å².